The highest BCUT2D eigenvalue weighted by molar-refractivity contribution is 5.85. The van der Waals surface area contributed by atoms with Crippen molar-refractivity contribution in [2.45, 2.75) is 63.2 Å². The molecule has 0 amide bonds. The molecule has 0 unspecified atom stereocenters. The van der Waals surface area contributed by atoms with Gasteiger partial charge in [0, 0.05) is 38.8 Å². The van der Waals surface area contributed by atoms with Crippen LogP contribution < -0.4 is 14.8 Å². The average molecular weight is 632 g/mol. The van der Waals surface area contributed by atoms with Crippen LogP contribution in [0.25, 0.3) is 0 Å². The lowest BCUT2D eigenvalue weighted by atomic mass is 9.80. The first-order chi connectivity index (χ1) is 22.4. The van der Waals surface area contributed by atoms with Crippen molar-refractivity contribution in [3.8, 4) is 11.5 Å². The molecule has 46 heavy (non-hydrogen) atoms. The van der Waals surface area contributed by atoms with Crippen molar-refractivity contribution in [3.63, 3.8) is 0 Å². The van der Waals surface area contributed by atoms with Gasteiger partial charge in [0.1, 0.15) is 34.8 Å². The molecular formula is C37H45NO8. The third-order valence-electron chi connectivity index (χ3n) is 8.21. The Morgan fingerprint density at radius 1 is 0.761 bits per heavy atom. The number of benzene rings is 3. The zero-order chi connectivity index (χ0) is 32.8. The Hall–Kier alpha value is -4.05. The van der Waals surface area contributed by atoms with E-state index >= 15 is 0 Å². The minimum Gasteiger partial charge on any atom is -0.497 e. The molecule has 0 spiro atoms. The highest BCUT2D eigenvalue weighted by Gasteiger charge is 2.38. The number of hydrogen-bond donors (Lipinski definition) is 1. The van der Waals surface area contributed by atoms with Crippen LogP contribution in [0, 0.1) is 0 Å². The summed E-state index contributed by atoms with van der Waals surface area (Å²) >= 11 is 0. The fourth-order valence-electron chi connectivity index (χ4n) is 5.65. The second kappa shape index (κ2) is 17.6. The lowest BCUT2D eigenvalue weighted by molar-refractivity contribution is -0.149. The molecule has 3 aromatic carbocycles. The number of ketones is 2. The number of ether oxygens (including phenoxy) is 5. The lowest BCUT2D eigenvalue weighted by Crippen LogP contribution is -2.34. The quantitative estimate of drug-likeness (QED) is 0.106. The first-order valence-electron chi connectivity index (χ1n) is 15.9. The van der Waals surface area contributed by atoms with Gasteiger partial charge in [-0.3, -0.25) is 14.4 Å². The van der Waals surface area contributed by atoms with Crippen molar-refractivity contribution in [3.05, 3.63) is 95.6 Å². The Kier molecular flexibility index (Phi) is 13.3. The highest BCUT2D eigenvalue weighted by atomic mass is 16.5. The molecule has 0 radical (unpaired) electrons. The van der Waals surface area contributed by atoms with Gasteiger partial charge >= 0.3 is 5.97 Å². The monoisotopic (exact) mass is 631 g/mol. The van der Waals surface area contributed by atoms with Crippen LogP contribution in [0.5, 0.6) is 11.5 Å². The number of Topliss-reactive ketones (excluding diaryl/α,β-unsaturated/α-hetero) is 2. The summed E-state index contributed by atoms with van der Waals surface area (Å²) in [4.78, 5) is 36.2. The number of hydrogen-bond acceptors (Lipinski definition) is 9. The molecular weight excluding hydrogens is 586 g/mol. The minimum atomic E-state index is -0.918. The Bertz CT molecular complexity index is 1340. The third-order valence-corrected chi connectivity index (χ3v) is 8.21. The summed E-state index contributed by atoms with van der Waals surface area (Å²) in [6.45, 7) is 3.27. The summed E-state index contributed by atoms with van der Waals surface area (Å²) in [5, 5.41) is 3.16. The predicted molar refractivity (Wildman–Crippen MR) is 174 cm³/mol. The van der Waals surface area contributed by atoms with Crippen LogP contribution in [0.15, 0.2) is 78.9 Å². The van der Waals surface area contributed by atoms with Crippen LogP contribution in [-0.4, -0.2) is 70.3 Å². The number of methoxy groups -OCH3 is 2. The fraction of sp³-hybridized carbons (Fsp3) is 0.432. The number of rotatable bonds is 19. The van der Waals surface area contributed by atoms with Crippen molar-refractivity contribution in [2.75, 3.05) is 40.6 Å². The number of esters is 1. The fourth-order valence-corrected chi connectivity index (χ4v) is 5.65. The predicted octanol–water partition coefficient (Wildman–Crippen LogP) is 5.41. The van der Waals surface area contributed by atoms with E-state index in [-0.39, 0.29) is 36.6 Å². The Morgan fingerprint density at radius 3 is 1.96 bits per heavy atom. The van der Waals surface area contributed by atoms with Crippen molar-refractivity contribution >= 4 is 17.5 Å². The molecule has 0 aromatic heterocycles. The van der Waals surface area contributed by atoms with E-state index < -0.39 is 11.6 Å². The summed E-state index contributed by atoms with van der Waals surface area (Å²) in [6, 6.07) is 25.5. The highest BCUT2D eigenvalue weighted by Crippen LogP contribution is 2.41. The average Bonchev–Trinajstić information content (AvgIpc) is 3.57. The number of carbonyl (C=O) groups is 3. The maximum atomic E-state index is 12.8. The van der Waals surface area contributed by atoms with Crippen LogP contribution in [0.3, 0.4) is 0 Å². The van der Waals surface area contributed by atoms with E-state index in [4.69, 9.17) is 23.7 Å². The first kappa shape index (κ1) is 34.8. The van der Waals surface area contributed by atoms with E-state index in [1.807, 2.05) is 66.7 Å². The van der Waals surface area contributed by atoms with Gasteiger partial charge < -0.3 is 29.0 Å². The molecule has 1 aliphatic rings. The summed E-state index contributed by atoms with van der Waals surface area (Å²) in [7, 11) is 3.28. The molecule has 246 valence electrons. The van der Waals surface area contributed by atoms with Gasteiger partial charge in [0.25, 0.3) is 0 Å². The van der Waals surface area contributed by atoms with Gasteiger partial charge in [0.15, 0.2) is 0 Å². The van der Waals surface area contributed by atoms with Crippen molar-refractivity contribution in [1.29, 1.82) is 0 Å². The molecule has 0 aliphatic carbocycles. The topological polar surface area (TPSA) is 109 Å². The Morgan fingerprint density at radius 2 is 1.37 bits per heavy atom. The summed E-state index contributed by atoms with van der Waals surface area (Å²) < 4.78 is 29.0. The third kappa shape index (κ3) is 9.25. The lowest BCUT2D eigenvalue weighted by Gasteiger charge is -2.36. The molecule has 9 nitrogen and oxygen atoms in total. The van der Waals surface area contributed by atoms with Crippen LogP contribution in [0.4, 0.5) is 0 Å². The maximum absolute atomic E-state index is 12.8. The van der Waals surface area contributed by atoms with E-state index in [9.17, 15) is 14.4 Å². The molecule has 2 atom stereocenters. The second-order valence-corrected chi connectivity index (χ2v) is 11.2. The van der Waals surface area contributed by atoms with Crippen LogP contribution in [0.2, 0.25) is 0 Å². The normalized spacial score (nSPS) is 16.2. The molecule has 0 bridgehead atoms. The minimum absolute atomic E-state index is 0.0355. The van der Waals surface area contributed by atoms with E-state index in [0.717, 1.165) is 28.2 Å². The Balaban J connectivity index is 1.31. The van der Waals surface area contributed by atoms with Gasteiger partial charge in [-0.25, -0.2) is 0 Å². The van der Waals surface area contributed by atoms with E-state index in [1.165, 1.54) is 0 Å². The molecule has 3 aromatic rings. The second-order valence-electron chi connectivity index (χ2n) is 11.2. The SMILES string of the molecule is CCC(=O)CCC(=O)O[C@H]1CN[C@H](C(=O)CCCOCCOC(c2ccccc2)(c2ccc(OC)cc2)c2ccc(OC)cc2)C1. The zero-order valence-corrected chi connectivity index (χ0v) is 27.0. The first-order valence-corrected chi connectivity index (χ1v) is 15.9. The van der Waals surface area contributed by atoms with E-state index in [2.05, 4.69) is 17.4 Å². The molecule has 0 saturated carbocycles. The van der Waals surface area contributed by atoms with Gasteiger partial charge in [-0.2, -0.15) is 0 Å². The number of nitrogens with one attached hydrogen (secondary N) is 1. The maximum Gasteiger partial charge on any atom is 0.306 e. The summed E-state index contributed by atoms with van der Waals surface area (Å²) in [6.07, 6.45) is 1.70. The van der Waals surface area contributed by atoms with Crippen LogP contribution in [0.1, 0.15) is 62.1 Å². The molecule has 1 heterocycles. The van der Waals surface area contributed by atoms with Gasteiger partial charge in [-0.1, -0.05) is 61.5 Å². The van der Waals surface area contributed by atoms with Gasteiger partial charge in [0.05, 0.1) is 39.9 Å². The molecule has 1 fully saturated rings. The molecule has 1 N–H and O–H groups in total. The van der Waals surface area contributed by atoms with Gasteiger partial charge in [-0.05, 0) is 47.4 Å². The van der Waals surface area contributed by atoms with Gasteiger partial charge in [-0.15, -0.1) is 0 Å². The van der Waals surface area contributed by atoms with Crippen LogP contribution in [-0.2, 0) is 34.2 Å². The zero-order valence-electron chi connectivity index (χ0n) is 27.0. The molecule has 1 aliphatic heterocycles. The molecule has 1 saturated heterocycles. The Labute approximate surface area is 271 Å². The van der Waals surface area contributed by atoms with Crippen molar-refractivity contribution < 1.29 is 38.1 Å². The van der Waals surface area contributed by atoms with Crippen molar-refractivity contribution in [1.82, 2.24) is 5.32 Å². The molecule has 4 rings (SSSR count). The number of carbonyl (C=O) groups excluding carboxylic acids is 3. The largest absolute Gasteiger partial charge is 0.497 e. The summed E-state index contributed by atoms with van der Waals surface area (Å²) in [5.74, 6) is 1.22. The van der Waals surface area contributed by atoms with Crippen LogP contribution >= 0.6 is 0 Å². The van der Waals surface area contributed by atoms with E-state index in [1.54, 1.807) is 21.1 Å². The molecule has 9 heteroatoms. The van der Waals surface area contributed by atoms with Crippen molar-refractivity contribution in [2.24, 2.45) is 0 Å². The van der Waals surface area contributed by atoms with Gasteiger partial charge in [0.2, 0.25) is 0 Å². The smallest absolute Gasteiger partial charge is 0.306 e. The van der Waals surface area contributed by atoms with E-state index in [0.29, 0.717) is 52.0 Å². The summed E-state index contributed by atoms with van der Waals surface area (Å²) in [5.41, 5.74) is 1.94. The standard InChI is InChI=1S/C37H45NO8/c1-4-30(39)16-21-36(41)46-33-25-34(38-26-33)35(40)11-8-22-44-23-24-45-37(27-9-6-5-7-10-27,28-12-17-31(42-2)18-13-28)29-14-19-32(43-3)20-15-29/h5-7,9-10,12-15,17-20,33-34,38H,4,8,11,16,21-26H2,1-3H3/t33-,34+/m1/s1.